The van der Waals surface area contributed by atoms with Crippen LogP contribution in [0.2, 0.25) is 0 Å². The highest BCUT2D eigenvalue weighted by Gasteiger charge is 2.30. The van der Waals surface area contributed by atoms with Crippen LogP contribution in [0.4, 0.5) is 17.3 Å². The number of anilines is 3. The number of aromatic nitrogens is 2. The number of carbonyl (C=O) groups excluding carboxylic acids is 1. The second-order valence-corrected chi connectivity index (χ2v) is 6.18. The van der Waals surface area contributed by atoms with Gasteiger partial charge in [-0.3, -0.25) is 4.79 Å². The number of nitrogens with zero attached hydrogens (tertiary/aromatic N) is 3. The fourth-order valence-corrected chi connectivity index (χ4v) is 3.40. The van der Waals surface area contributed by atoms with Gasteiger partial charge in [0.05, 0.1) is 5.75 Å². The number of amides is 1. The smallest absolute Gasteiger partial charge is 0.237 e. The average Bonchev–Trinajstić information content (AvgIpc) is 2.79. The van der Waals surface area contributed by atoms with Crippen molar-refractivity contribution in [1.82, 2.24) is 9.97 Å². The molecule has 2 heterocycles. The van der Waals surface area contributed by atoms with Gasteiger partial charge in [-0.2, -0.15) is 0 Å². The molecular formula is C15H17N5OS. The predicted molar refractivity (Wildman–Crippen MR) is 88.7 cm³/mol. The molecule has 1 aromatic carbocycles. The molecule has 0 saturated heterocycles. The van der Waals surface area contributed by atoms with Gasteiger partial charge >= 0.3 is 0 Å². The van der Waals surface area contributed by atoms with Gasteiger partial charge in [0.1, 0.15) is 11.6 Å². The fraction of sp³-hybridized carbons (Fsp3) is 0.267. The maximum absolute atomic E-state index is 12.5. The van der Waals surface area contributed by atoms with E-state index in [0.717, 1.165) is 12.1 Å². The molecule has 114 valence electrons. The summed E-state index contributed by atoms with van der Waals surface area (Å²) in [6, 6.07) is 9.65. The Bertz CT molecular complexity index is 701. The van der Waals surface area contributed by atoms with Gasteiger partial charge in [0.2, 0.25) is 5.91 Å². The zero-order valence-corrected chi connectivity index (χ0v) is 13.0. The Labute approximate surface area is 132 Å². The standard InChI is InChI=1S/C15H17N5OS/c1-9-6-10-4-2-3-5-11(10)20(9)14(21)8-22-15-18-12(16)7-13(17)19-15/h2-5,7,9H,6,8H2,1H3,(H4,16,17,18,19)/t9-/m0/s1. The van der Waals surface area contributed by atoms with Gasteiger partial charge in [0.25, 0.3) is 0 Å². The van der Waals surface area contributed by atoms with E-state index in [-0.39, 0.29) is 17.7 Å². The van der Waals surface area contributed by atoms with Crippen LogP contribution < -0.4 is 16.4 Å². The number of fused-ring (bicyclic) bond motifs is 1. The first-order chi connectivity index (χ1) is 10.5. The van der Waals surface area contributed by atoms with E-state index >= 15 is 0 Å². The highest BCUT2D eigenvalue weighted by molar-refractivity contribution is 7.99. The molecule has 6 nitrogen and oxygen atoms in total. The van der Waals surface area contributed by atoms with Crippen molar-refractivity contribution in [3.63, 3.8) is 0 Å². The Morgan fingerprint density at radius 2 is 2.00 bits per heavy atom. The van der Waals surface area contributed by atoms with Crippen molar-refractivity contribution in [3.05, 3.63) is 35.9 Å². The van der Waals surface area contributed by atoms with Gasteiger partial charge in [0.15, 0.2) is 5.16 Å². The van der Waals surface area contributed by atoms with Gasteiger partial charge in [0, 0.05) is 17.8 Å². The zero-order chi connectivity index (χ0) is 15.7. The first-order valence-electron chi connectivity index (χ1n) is 6.97. The first kappa shape index (κ1) is 14.6. The minimum absolute atomic E-state index is 0.0343. The highest BCUT2D eigenvalue weighted by Crippen LogP contribution is 2.32. The molecule has 1 aliphatic heterocycles. The summed E-state index contributed by atoms with van der Waals surface area (Å²) in [5.41, 5.74) is 13.5. The third-order valence-corrected chi connectivity index (χ3v) is 4.38. The number of rotatable bonds is 3. The average molecular weight is 315 g/mol. The molecule has 0 aliphatic carbocycles. The van der Waals surface area contributed by atoms with Crippen LogP contribution in [-0.4, -0.2) is 27.7 Å². The minimum atomic E-state index is 0.0343. The van der Waals surface area contributed by atoms with E-state index in [1.807, 2.05) is 23.1 Å². The van der Waals surface area contributed by atoms with Gasteiger partial charge in [-0.25, -0.2) is 9.97 Å². The Hall–Kier alpha value is -2.28. The van der Waals surface area contributed by atoms with Gasteiger partial charge in [-0.05, 0) is 25.0 Å². The molecule has 1 aromatic heterocycles. The van der Waals surface area contributed by atoms with Crippen LogP contribution in [0.3, 0.4) is 0 Å². The molecule has 0 bridgehead atoms. The number of carbonyl (C=O) groups is 1. The van der Waals surface area contributed by atoms with E-state index in [4.69, 9.17) is 11.5 Å². The maximum Gasteiger partial charge on any atom is 0.237 e. The van der Waals surface area contributed by atoms with Crippen molar-refractivity contribution >= 4 is 35.0 Å². The number of hydrogen-bond acceptors (Lipinski definition) is 6. The summed E-state index contributed by atoms with van der Waals surface area (Å²) in [6.45, 7) is 2.05. The Balaban J connectivity index is 1.72. The molecule has 1 amide bonds. The summed E-state index contributed by atoms with van der Waals surface area (Å²) in [7, 11) is 0. The molecule has 1 aliphatic rings. The van der Waals surface area contributed by atoms with Gasteiger partial charge in [-0.1, -0.05) is 30.0 Å². The summed E-state index contributed by atoms with van der Waals surface area (Å²) >= 11 is 1.25. The van der Waals surface area contributed by atoms with E-state index in [9.17, 15) is 4.79 Å². The second kappa shape index (κ2) is 5.84. The normalized spacial score (nSPS) is 16.6. The number of nitrogen functional groups attached to an aromatic ring is 2. The lowest BCUT2D eigenvalue weighted by atomic mass is 10.1. The molecule has 1 atom stereocenters. The molecule has 4 N–H and O–H groups in total. The van der Waals surface area contributed by atoms with Gasteiger partial charge in [-0.15, -0.1) is 0 Å². The van der Waals surface area contributed by atoms with Crippen LogP contribution in [0.15, 0.2) is 35.5 Å². The molecule has 7 heteroatoms. The topological polar surface area (TPSA) is 98.1 Å². The van der Waals surface area contributed by atoms with Crippen LogP contribution in [0.1, 0.15) is 12.5 Å². The van der Waals surface area contributed by atoms with Crippen molar-refractivity contribution < 1.29 is 4.79 Å². The molecule has 0 saturated carbocycles. The summed E-state index contributed by atoms with van der Waals surface area (Å²) in [5, 5.41) is 0.422. The highest BCUT2D eigenvalue weighted by atomic mass is 32.2. The third-order valence-electron chi connectivity index (χ3n) is 3.55. The van der Waals surface area contributed by atoms with E-state index in [2.05, 4.69) is 23.0 Å². The van der Waals surface area contributed by atoms with Crippen LogP contribution in [0.5, 0.6) is 0 Å². The number of hydrogen-bond donors (Lipinski definition) is 2. The lowest BCUT2D eigenvalue weighted by molar-refractivity contribution is -0.116. The molecular weight excluding hydrogens is 298 g/mol. The zero-order valence-electron chi connectivity index (χ0n) is 12.2. The van der Waals surface area contributed by atoms with Crippen LogP contribution in [0.25, 0.3) is 0 Å². The second-order valence-electron chi connectivity index (χ2n) is 5.23. The first-order valence-corrected chi connectivity index (χ1v) is 7.96. The van der Waals surface area contributed by atoms with Crippen LogP contribution in [-0.2, 0) is 11.2 Å². The molecule has 3 rings (SSSR count). The predicted octanol–water partition coefficient (Wildman–Crippen LogP) is 1.71. The Kier molecular flexibility index (Phi) is 3.89. The molecule has 0 spiro atoms. The quantitative estimate of drug-likeness (QED) is 0.661. The largest absolute Gasteiger partial charge is 0.383 e. The van der Waals surface area contributed by atoms with Crippen molar-refractivity contribution in [3.8, 4) is 0 Å². The number of nitrogens with two attached hydrogens (primary N) is 2. The molecule has 0 fully saturated rings. The monoisotopic (exact) mass is 315 g/mol. The van der Waals surface area contributed by atoms with Crippen molar-refractivity contribution in [1.29, 1.82) is 0 Å². The minimum Gasteiger partial charge on any atom is -0.383 e. The van der Waals surface area contributed by atoms with Crippen LogP contribution in [0, 0.1) is 0 Å². The van der Waals surface area contributed by atoms with E-state index in [1.54, 1.807) is 0 Å². The molecule has 22 heavy (non-hydrogen) atoms. The van der Waals surface area contributed by atoms with E-state index in [0.29, 0.717) is 16.8 Å². The molecule has 2 aromatic rings. The third kappa shape index (κ3) is 2.85. The van der Waals surface area contributed by atoms with Crippen molar-refractivity contribution in [2.24, 2.45) is 0 Å². The molecule has 0 radical (unpaired) electrons. The Morgan fingerprint density at radius 1 is 1.32 bits per heavy atom. The maximum atomic E-state index is 12.5. The van der Waals surface area contributed by atoms with Crippen molar-refractivity contribution in [2.75, 3.05) is 22.1 Å². The van der Waals surface area contributed by atoms with Crippen LogP contribution >= 0.6 is 11.8 Å². The SMILES string of the molecule is C[C@H]1Cc2ccccc2N1C(=O)CSc1nc(N)cc(N)n1. The summed E-state index contributed by atoms with van der Waals surface area (Å²) in [4.78, 5) is 22.5. The molecule has 0 unspecified atom stereocenters. The summed E-state index contributed by atoms with van der Waals surface area (Å²) in [5.74, 6) is 0.901. The Morgan fingerprint density at radius 3 is 2.73 bits per heavy atom. The van der Waals surface area contributed by atoms with E-state index in [1.165, 1.54) is 23.4 Å². The lowest BCUT2D eigenvalue weighted by Gasteiger charge is -2.22. The summed E-state index contributed by atoms with van der Waals surface area (Å²) in [6.07, 6.45) is 0.883. The van der Waals surface area contributed by atoms with E-state index < -0.39 is 0 Å². The fourth-order valence-electron chi connectivity index (χ4n) is 2.67. The number of benzene rings is 1. The van der Waals surface area contributed by atoms with Crippen molar-refractivity contribution in [2.45, 2.75) is 24.5 Å². The summed E-state index contributed by atoms with van der Waals surface area (Å²) < 4.78 is 0. The number of thioether (sulfide) groups is 1. The lowest BCUT2D eigenvalue weighted by Crippen LogP contribution is -2.37. The number of para-hydroxylation sites is 1. The van der Waals surface area contributed by atoms with Gasteiger partial charge < -0.3 is 16.4 Å².